The molecule has 1 aliphatic carbocycles. The predicted octanol–water partition coefficient (Wildman–Crippen LogP) is 2.61. The summed E-state index contributed by atoms with van der Waals surface area (Å²) in [5.74, 6) is -0.365. The normalized spacial score (nSPS) is 20.6. The van der Waals surface area contributed by atoms with Crippen molar-refractivity contribution in [1.29, 1.82) is 0 Å². The third kappa shape index (κ3) is 3.05. The minimum atomic E-state index is -0.365. The van der Waals surface area contributed by atoms with E-state index in [9.17, 15) is 4.79 Å². The zero-order valence-corrected chi connectivity index (χ0v) is 8.54. The van der Waals surface area contributed by atoms with Crippen LogP contribution in [0.1, 0.15) is 6.92 Å². The second-order valence-electron chi connectivity index (χ2n) is 2.76. The number of amides is 1. The maximum absolute atomic E-state index is 11.3. The lowest BCUT2D eigenvalue weighted by Crippen LogP contribution is -1.95. The standard InChI is InChI=1S/C11H9NOS/c1-9-4-2-3-5-10(7-6-9)11(13)12-8-14/h2-7H,1H3/b3-2-,4-2?,5-3?,7-6?,9-4?,9-6?,10-5+,10-7?. The van der Waals surface area contributed by atoms with Gasteiger partial charge in [-0.3, -0.25) is 4.79 Å². The van der Waals surface area contributed by atoms with Gasteiger partial charge in [0.15, 0.2) is 0 Å². The number of rotatable bonds is 1. The molecule has 70 valence electrons. The molecule has 0 saturated carbocycles. The average Bonchev–Trinajstić information content (AvgIpc) is 2.12. The highest BCUT2D eigenvalue weighted by atomic mass is 32.1. The third-order valence-electron chi connectivity index (χ3n) is 1.67. The quantitative estimate of drug-likeness (QED) is 0.484. The SMILES string of the molecule is CC1=C/C=C\C=C(\C(=O)N=C=S)C=C1. The van der Waals surface area contributed by atoms with Crippen LogP contribution in [0.4, 0.5) is 0 Å². The van der Waals surface area contributed by atoms with Crippen molar-refractivity contribution in [3.63, 3.8) is 0 Å². The van der Waals surface area contributed by atoms with Crippen molar-refractivity contribution in [1.82, 2.24) is 0 Å². The number of hydrogen-bond acceptors (Lipinski definition) is 2. The van der Waals surface area contributed by atoms with Crippen LogP contribution in [-0.4, -0.2) is 11.1 Å². The van der Waals surface area contributed by atoms with E-state index in [1.54, 1.807) is 18.2 Å². The molecule has 0 aromatic carbocycles. The Morgan fingerprint density at radius 3 is 2.79 bits per heavy atom. The minimum absolute atomic E-state index is 0.365. The number of isothiocyanates is 1. The van der Waals surface area contributed by atoms with Gasteiger partial charge in [0.1, 0.15) is 0 Å². The Kier molecular flexibility index (Phi) is 3.92. The van der Waals surface area contributed by atoms with Gasteiger partial charge in [-0.15, -0.1) is 0 Å². The summed E-state index contributed by atoms with van der Waals surface area (Å²) >= 11 is 4.36. The molecular formula is C11H9NOS. The molecule has 0 aliphatic heterocycles. The molecule has 0 fully saturated rings. The number of nitrogens with zero attached hydrogens (tertiary/aromatic N) is 1. The molecule has 0 atom stereocenters. The predicted molar refractivity (Wildman–Crippen MR) is 60.2 cm³/mol. The fourth-order valence-corrected chi connectivity index (χ4v) is 1.03. The molecule has 0 spiro atoms. The van der Waals surface area contributed by atoms with Crippen molar-refractivity contribution in [2.45, 2.75) is 6.92 Å². The molecule has 0 unspecified atom stereocenters. The number of carbonyl (C=O) groups is 1. The largest absolute Gasteiger partial charge is 0.285 e. The van der Waals surface area contributed by atoms with Crippen LogP contribution in [0, 0.1) is 0 Å². The first kappa shape index (κ1) is 10.5. The van der Waals surface area contributed by atoms with E-state index in [1.807, 2.05) is 25.2 Å². The highest BCUT2D eigenvalue weighted by molar-refractivity contribution is 7.78. The van der Waals surface area contributed by atoms with Gasteiger partial charge in [0.25, 0.3) is 5.91 Å². The van der Waals surface area contributed by atoms with Gasteiger partial charge in [-0.05, 0) is 31.3 Å². The number of carbonyl (C=O) groups excluding carboxylic acids is 1. The Hall–Kier alpha value is -1.57. The van der Waals surface area contributed by atoms with Crippen LogP contribution >= 0.6 is 12.2 Å². The van der Waals surface area contributed by atoms with Crippen molar-refractivity contribution in [2.24, 2.45) is 4.99 Å². The lowest BCUT2D eigenvalue weighted by molar-refractivity contribution is -0.114. The monoisotopic (exact) mass is 203 g/mol. The summed E-state index contributed by atoms with van der Waals surface area (Å²) in [6.07, 6.45) is 10.9. The molecule has 1 aliphatic rings. The van der Waals surface area contributed by atoms with E-state index in [0.717, 1.165) is 5.57 Å². The molecule has 1 rings (SSSR count). The van der Waals surface area contributed by atoms with E-state index in [1.165, 1.54) is 0 Å². The van der Waals surface area contributed by atoms with Gasteiger partial charge >= 0.3 is 0 Å². The van der Waals surface area contributed by atoms with Gasteiger partial charge < -0.3 is 0 Å². The van der Waals surface area contributed by atoms with E-state index < -0.39 is 0 Å². The lowest BCUT2D eigenvalue weighted by atomic mass is 10.1. The number of allylic oxidation sites excluding steroid dienone is 6. The van der Waals surface area contributed by atoms with Crippen molar-refractivity contribution in [2.75, 3.05) is 0 Å². The molecular weight excluding hydrogens is 194 g/mol. The van der Waals surface area contributed by atoms with Crippen LogP contribution in [0.3, 0.4) is 0 Å². The van der Waals surface area contributed by atoms with Gasteiger partial charge in [0.2, 0.25) is 0 Å². The van der Waals surface area contributed by atoms with Crippen molar-refractivity contribution >= 4 is 23.3 Å². The van der Waals surface area contributed by atoms with Crippen LogP contribution in [0.5, 0.6) is 0 Å². The second-order valence-corrected chi connectivity index (χ2v) is 2.94. The van der Waals surface area contributed by atoms with Gasteiger partial charge in [0.05, 0.1) is 5.16 Å². The molecule has 0 radical (unpaired) electrons. The second kappa shape index (κ2) is 5.22. The van der Waals surface area contributed by atoms with E-state index in [0.29, 0.717) is 5.57 Å². The van der Waals surface area contributed by atoms with Gasteiger partial charge in [0, 0.05) is 5.57 Å². The van der Waals surface area contributed by atoms with Crippen molar-refractivity contribution < 1.29 is 4.79 Å². The summed E-state index contributed by atoms with van der Waals surface area (Å²) in [6.45, 7) is 1.96. The van der Waals surface area contributed by atoms with Crippen LogP contribution in [0.2, 0.25) is 0 Å². The summed E-state index contributed by atoms with van der Waals surface area (Å²) in [5.41, 5.74) is 1.58. The Labute approximate surface area is 88.0 Å². The smallest absolute Gasteiger partial charge is 0.266 e. The van der Waals surface area contributed by atoms with Gasteiger partial charge in [-0.25, -0.2) is 0 Å². The maximum Gasteiger partial charge on any atom is 0.285 e. The molecule has 0 heterocycles. The first-order valence-electron chi connectivity index (χ1n) is 4.09. The van der Waals surface area contributed by atoms with Crippen LogP contribution in [-0.2, 0) is 4.79 Å². The molecule has 1 amide bonds. The molecule has 0 aromatic rings. The van der Waals surface area contributed by atoms with E-state index in [2.05, 4.69) is 22.4 Å². The molecule has 3 heteroatoms. The number of hydrogen-bond donors (Lipinski definition) is 0. The summed E-state index contributed by atoms with van der Waals surface area (Å²) in [5, 5.41) is 2.06. The lowest BCUT2D eigenvalue weighted by Gasteiger charge is -1.96. The summed E-state index contributed by atoms with van der Waals surface area (Å²) in [7, 11) is 0. The first-order chi connectivity index (χ1) is 6.74. The fourth-order valence-electron chi connectivity index (χ4n) is 0.947. The van der Waals surface area contributed by atoms with Crippen LogP contribution in [0.15, 0.2) is 52.6 Å². The molecule has 2 nitrogen and oxygen atoms in total. The van der Waals surface area contributed by atoms with E-state index >= 15 is 0 Å². The van der Waals surface area contributed by atoms with Crippen LogP contribution in [0.25, 0.3) is 0 Å². The van der Waals surface area contributed by atoms with Crippen molar-refractivity contribution in [3.8, 4) is 0 Å². The van der Waals surface area contributed by atoms with Gasteiger partial charge in [-0.1, -0.05) is 29.9 Å². The maximum atomic E-state index is 11.3. The minimum Gasteiger partial charge on any atom is -0.266 e. The van der Waals surface area contributed by atoms with E-state index in [4.69, 9.17) is 0 Å². The van der Waals surface area contributed by atoms with Crippen molar-refractivity contribution in [3.05, 3.63) is 47.6 Å². The highest BCUT2D eigenvalue weighted by Crippen LogP contribution is 2.07. The molecule has 0 saturated heterocycles. The summed E-state index contributed by atoms with van der Waals surface area (Å²) < 4.78 is 0. The molecule has 0 aromatic heterocycles. The third-order valence-corrected chi connectivity index (χ3v) is 1.76. The molecule has 0 bridgehead atoms. The first-order valence-corrected chi connectivity index (χ1v) is 4.50. The zero-order valence-electron chi connectivity index (χ0n) is 7.73. The Morgan fingerprint density at radius 2 is 2.07 bits per heavy atom. The topological polar surface area (TPSA) is 29.4 Å². The Balaban J connectivity index is 2.96. The molecule has 0 N–H and O–H groups in total. The van der Waals surface area contributed by atoms with Gasteiger partial charge in [-0.2, -0.15) is 4.99 Å². The fraction of sp³-hybridized carbons (Fsp3) is 0.0909. The highest BCUT2D eigenvalue weighted by Gasteiger charge is 2.02. The Bertz CT molecular complexity index is 407. The number of thiocarbonyl (C=S) groups is 1. The molecule has 14 heavy (non-hydrogen) atoms. The Morgan fingerprint density at radius 1 is 1.36 bits per heavy atom. The van der Waals surface area contributed by atoms with E-state index in [-0.39, 0.29) is 5.91 Å². The average molecular weight is 203 g/mol. The number of aliphatic imine (C=N–C) groups is 1. The van der Waals surface area contributed by atoms with Crippen LogP contribution < -0.4 is 0 Å². The summed E-state index contributed by atoms with van der Waals surface area (Å²) in [4.78, 5) is 14.7. The zero-order chi connectivity index (χ0) is 10.4. The summed E-state index contributed by atoms with van der Waals surface area (Å²) in [6, 6.07) is 0.